The third kappa shape index (κ3) is 4.11. The fourth-order valence-electron chi connectivity index (χ4n) is 2.24. The Bertz CT molecular complexity index is 955. The van der Waals surface area contributed by atoms with Gasteiger partial charge in [-0.15, -0.1) is 29.9 Å². The van der Waals surface area contributed by atoms with Crippen LogP contribution in [0.25, 0.3) is 16.9 Å². The fourth-order valence-corrected chi connectivity index (χ4v) is 2.24. The van der Waals surface area contributed by atoms with Crippen LogP contribution in [0.5, 0.6) is 5.75 Å². The summed E-state index contributed by atoms with van der Waals surface area (Å²) < 4.78 is 1.43. The molecular weight excluding hydrogens is 377 g/mol. The number of hydrogen-bond donors (Lipinski definition) is 5. The number of aromatic nitrogens is 3. The number of halogens is 2. The van der Waals surface area contributed by atoms with Crippen LogP contribution >= 0.6 is 24.8 Å². The number of benzene rings is 2. The Kier molecular flexibility index (Phi) is 6.71. The van der Waals surface area contributed by atoms with Crippen molar-refractivity contribution in [2.45, 2.75) is 0 Å². The number of amidine groups is 2. The number of nitrogen functional groups attached to an aromatic ring is 2. The highest BCUT2D eigenvalue weighted by molar-refractivity contribution is 5.96. The minimum atomic E-state index is -0.128. The normalized spacial score (nSPS) is 9.69. The molecule has 1 aromatic heterocycles. The summed E-state index contributed by atoms with van der Waals surface area (Å²) in [5.41, 5.74) is 13.7. The van der Waals surface area contributed by atoms with E-state index in [1.54, 1.807) is 36.5 Å². The first-order chi connectivity index (χ1) is 11.5. The van der Waals surface area contributed by atoms with Crippen molar-refractivity contribution in [1.82, 2.24) is 15.0 Å². The Balaban J connectivity index is 0.00000169. The van der Waals surface area contributed by atoms with Gasteiger partial charge in [0.15, 0.2) is 0 Å². The van der Waals surface area contributed by atoms with Gasteiger partial charge in [0.25, 0.3) is 0 Å². The average Bonchev–Trinajstić information content (AvgIpc) is 3.04. The molecule has 2 aromatic carbocycles. The topological polar surface area (TPSA) is 151 Å². The van der Waals surface area contributed by atoms with Crippen molar-refractivity contribution in [2.75, 3.05) is 0 Å². The lowest BCUT2D eigenvalue weighted by Crippen LogP contribution is -2.11. The van der Waals surface area contributed by atoms with E-state index in [1.807, 2.05) is 6.07 Å². The maximum absolute atomic E-state index is 10.1. The van der Waals surface area contributed by atoms with Gasteiger partial charge in [-0.2, -0.15) is 0 Å². The van der Waals surface area contributed by atoms with Crippen molar-refractivity contribution in [1.29, 1.82) is 10.8 Å². The highest BCUT2D eigenvalue weighted by atomic mass is 35.5. The van der Waals surface area contributed by atoms with Crippen LogP contribution in [0.4, 0.5) is 0 Å². The molecule has 0 fully saturated rings. The average molecular weight is 394 g/mol. The molecule has 3 rings (SSSR count). The molecule has 0 aliphatic carbocycles. The smallest absolute Gasteiger partial charge is 0.142 e. The molecule has 0 atom stereocenters. The molecule has 8 nitrogen and oxygen atoms in total. The SMILES string of the molecule is Cl.Cl.N=C(N)c1cccc(-c2cn(-c3ccc(C(=N)N)cc3O)nn2)c1. The number of nitrogens with two attached hydrogens (primary N) is 2. The van der Waals surface area contributed by atoms with Gasteiger partial charge < -0.3 is 16.6 Å². The summed E-state index contributed by atoms with van der Waals surface area (Å²) in [4.78, 5) is 0. The van der Waals surface area contributed by atoms with Gasteiger partial charge in [0, 0.05) is 16.7 Å². The third-order valence-electron chi connectivity index (χ3n) is 3.50. The van der Waals surface area contributed by atoms with Gasteiger partial charge in [0.1, 0.15) is 28.8 Å². The lowest BCUT2D eigenvalue weighted by Gasteiger charge is -2.05. The summed E-state index contributed by atoms with van der Waals surface area (Å²) in [6, 6.07) is 11.7. The van der Waals surface area contributed by atoms with E-state index in [2.05, 4.69) is 10.3 Å². The summed E-state index contributed by atoms with van der Waals surface area (Å²) in [6.07, 6.45) is 1.65. The van der Waals surface area contributed by atoms with E-state index in [4.69, 9.17) is 22.3 Å². The van der Waals surface area contributed by atoms with Crippen molar-refractivity contribution in [3.63, 3.8) is 0 Å². The summed E-state index contributed by atoms with van der Waals surface area (Å²) in [7, 11) is 0. The molecule has 136 valence electrons. The lowest BCUT2D eigenvalue weighted by molar-refractivity contribution is 0.469. The highest BCUT2D eigenvalue weighted by Gasteiger charge is 2.11. The number of rotatable bonds is 4. The van der Waals surface area contributed by atoms with E-state index in [-0.39, 0.29) is 42.2 Å². The molecule has 0 aliphatic rings. The van der Waals surface area contributed by atoms with Crippen molar-refractivity contribution in [2.24, 2.45) is 11.5 Å². The van der Waals surface area contributed by atoms with Crippen molar-refractivity contribution in [3.8, 4) is 22.7 Å². The zero-order chi connectivity index (χ0) is 17.3. The second kappa shape index (κ2) is 8.32. The van der Waals surface area contributed by atoms with Crippen LogP contribution in [-0.2, 0) is 0 Å². The molecule has 1 heterocycles. The molecule has 7 N–H and O–H groups in total. The predicted molar refractivity (Wildman–Crippen MR) is 105 cm³/mol. The van der Waals surface area contributed by atoms with Crippen LogP contribution in [0.15, 0.2) is 48.7 Å². The molecule has 0 saturated heterocycles. The standard InChI is InChI=1S/C16H15N7O.2ClH/c17-15(18)10-3-1-2-9(6-10)12-8-23(22-21-12)13-5-4-11(16(19)20)7-14(13)24;;/h1-8,24H,(H3,17,18)(H3,19,20);2*1H. The number of aromatic hydroxyl groups is 1. The highest BCUT2D eigenvalue weighted by Crippen LogP contribution is 2.24. The lowest BCUT2D eigenvalue weighted by atomic mass is 10.1. The maximum Gasteiger partial charge on any atom is 0.142 e. The van der Waals surface area contributed by atoms with E-state index in [9.17, 15) is 5.11 Å². The van der Waals surface area contributed by atoms with Crippen LogP contribution in [0.2, 0.25) is 0 Å². The first kappa shape index (κ1) is 20.9. The van der Waals surface area contributed by atoms with Crippen LogP contribution in [-0.4, -0.2) is 31.8 Å². The molecule has 0 aliphatic heterocycles. The third-order valence-corrected chi connectivity index (χ3v) is 3.50. The fraction of sp³-hybridized carbons (Fsp3) is 0. The van der Waals surface area contributed by atoms with Gasteiger partial charge in [-0.1, -0.05) is 23.4 Å². The predicted octanol–water partition coefficient (Wildman–Crippen LogP) is 2.05. The minimum absolute atomic E-state index is 0. The van der Waals surface area contributed by atoms with Crippen molar-refractivity contribution >= 4 is 36.5 Å². The van der Waals surface area contributed by atoms with Gasteiger partial charge in [0.2, 0.25) is 0 Å². The molecule has 0 bridgehead atoms. The Morgan fingerprint density at radius 2 is 1.62 bits per heavy atom. The second-order valence-corrected chi connectivity index (χ2v) is 5.16. The first-order valence-corrected chi connectivity index (χ1v) is 7.00. The summed E-state index contributed by atoms with van der Waals surface area (Å²) in [6.45, 7) is 0. The van der Waals surface area contributed by atoms with Gasteiger partial charge in [0.05, 0.1) is 6.20 Å². The number of nitrogens with one attached hydrogen (secondary N) is 2. The molecule has 26 heavy (non-hydrogen) atoms. The summed E-state index contributed by atoms with van der Waals surface area (Å²) in [5, 5.41) is 33.1. The first-order valence-electron chi connectivity index (χ1n) is 7.00. The van der Waals surface area contributed by atoms with E-state index in [1.165, 1.54) is 10.7 Å². The zero-order valence-corrected chi connectivity index (χ0v) is 15.0. The van der Waals surface area contributed by atoms with Crippen LogP contribution in [0, 0.1) is 10.8 Å². The quantitative estimate of drug-likeness (QED) is 0.339. The Morgan fingerprint density at radius 1 is 0.962 bits per heavy atom. The molecule has 0 saturated carbocycles. The van der Waals surface area contributed by atoms with Gasteiger partial charge in [-0.25, -0.2) is 4.68 Å². The van der Waals surface area contributed by atoms with E-state index >= 15 is 0 Å². The van der Waals surface area contributed by atoms with Gasteiger partial charge >= 0.3 is 0 Å². The minimum Gasteiger partial charge on any atom is -0.506 e. The van der Waals surface area contributed by atoms with E-state index in [0.717, 1.165) is 5.56 Å². The van der Waals surface area contributed by atoms with E-state index < -0.39 is 0 Å². The van der Waals surface area contributed by atoms with Crippen LogP contribution in [0.3, 0.4) is 0 Å². The zero-order valence-electron chi connectivity index (χ0n) is 13.4. The Morgan fingerprint density at radius 3 is 2.23 bits per heavy atom. The number of phenols is 1. The molecular formula is C16H17Cl2N7O. The number of hydrogen-bond acceptors (Lipinski definition) is 5. The largest absolute Gasteiger partial charge is 0.506 e. The number of nitrogens with zero attached hydrogens (tertiary/aromatic N) is 3. The monoisotopic (exact) mass is 393 g/mol. The van der Waals surface area contributed by atoms with Crippen LogP contribution in [0.1, 0.15) is 11.1 Å². The van der Waals surface area contributed by atoms with E-state index in [0.29, 0.717) is 22.5 Å². The number of phenolic OH excluding ortho intramolecular Hbond substituents is 1. The summed E-state index contributed by atoms with van der Waals surface area (Å²) >= 11 is 0. The van der Waals surface area contributed by atoms with Gasteiger partial charge in [-0.3, -0.25) is 10.8 Å². The second-order valence-electron chi connectivity index (χ2n) is 5.16. The van der Waals surface area contributed by atoms with Crippen LogP contribution < -0.4 is 11.5 Å². The molecule has 3 aromatic rings. The van der Waals surface area contributed by atoms with Crippen molar-refractivity contribution < 1.29 is 5.11 Å². The Hall–Kier alpha value is -3.10. The van der Waals surface area contributed by atoms with Crippen molar-refractivity contribution in [3.05, 3.63) is 59.8 Å². The molecule has 0 unspecified atom stereocenters. The van der Waals surface area contributed by atoms with Gasteiger partial charge in [-0.05, 0) is 24.3 Å². The molecule has 0 amide bonds. The summed E-state index contributed by atoms with van der Waals surface area (Å²) in [5.74, 6) is -0.212. The Labute approximate surface area is 161 Å². The maximum atomic E-state index is 10.1. The molecule has 0 radical (unpaired) electrons. The molecule has 0 spiro atoms. The molecule has 10 heteroatoms.